The smallest absolute Gasteiger partial charge is 0.224 e. The van der Waals surface area contributed by atoms with Gasteiger partial charge in [0.05, 0.1) is 30.2 Å². The lowest BCUT2D eigenvalue weighted by atomic mass is 10.0. The van der Waals surface area contributed by atoms with E-state index >= 15 is 0 Å². The van der Waals surface area contributed by atoms with Crippen LogP contribution in [0.2, 0.25) is 0 Å². The number of rotatable bonds is 16. The van der Waals surface area contributed by atoms with E-state index in [1.54, 1.807) is 23.9 Å². The van der Waals surface area contributed by atoms with Crippen LogP contribution in [0.1, 0.15) is 81.0 Å². The van der Waals surface area contributed by atoms with Gasteiger partial charge in [0.1, 0.15) is 0 Å². The first kappa shape index (κ1) is 37.6. The molecule has 4 aromatic rings. The summed E-state index contributed by atoms with van der Waals surface area (Å²) in [6, 6.07) is 30.3. The fraction of sp³-hybridized carbons (Fsp3) is 0.325. The van der Waals surface area contributed by atoms with Gasteiger partial charge in [-0.2, -0.15) is 0 Å². The molecule has 0 spiro atoms. The van der Waals surface area contributed by atoms with Crippen LogP contribution in [-0.2, 0) is 30.5 Å². The number of aliphatic hydroxyl groups excluding tert-OH is 1. The Kier molecular flexibility index (Phi) is 14.1. The van der Waals surface area contributed by atoms with Crippen molar-refractivity contribution >= 4 is 52.2 Å². The van der Waals surface area contributed by atoms with Gasteiger partial charge >= 0.3 is 0 Å². The summed E-state index contributed by atoms with van der Waals surface area (Å²) in [6.07, 6.45) is 3.74. The number of unbranched alkanes of at least 4 members (excludes halogenated alkanes) is 3. The fourth-order valence-electron chi connectivity index (χ4n) is 5.74. The minimum absolute atomic E-state index is 0.0212. The van der Waals surface area contributed by atoms with Crippen molar-refractivity contribution in [1.29, 1.82) is 0 Å². The Morgan fingerprint density at radius 1 is 0.745 bits per heavy atom. The molecule has 0 radical (unpaired) electrons. The third-order valence-corrected chi connectivity index (χ3v) is 9.63. The van der Waals surface area contributed by atoms with Gasteiger partial charge in [0.25, 0.3) is 0 Å². The summed E-state index contributed by atoms with van der Waals surface area (Å²) in [6.45, 7) is 1.47. The number of nitrogen functional groups attached to an aromatic ring is 1. The van der Waals surface area contributed by atoms with Gasteiger partial charge in [-0.15, -0.1) is 11.8 Å². The molecular formula is C40H46N4O6S. The van der Waals surface area contributed by atoms with Crippen LogP contribution in [0.15, 0.2) is 102 Å². The van der Waals surface area contributed by atoms with Crippen molar-refractivity contribution in [3.63, 3.8) is 0 Å². The first-order valence-corrected chi connectivity index (χ1v) is 18.3. The zero-order chi connectivity index (χ0) is 36.0. The van der Waals surface area contributed by atoms with Gasteiger partial charge in [0.2, 0.25) is 17.7 Å². The number of hydrogen-bond acceptors (Lipinski definition) is 8. The molecule has 0 aliphatic carbocycles. The molecule has 5 rings (SSSR count). The SMILES string of the molecule is CC(=O)Nc1ccc(SC[C@@H]2C[C@H](c3ccc(CO)cc3)O[C@H](c3ccc(NC(=O)CCCCCCC(=O)Nc4ccccc4N)cc3)O2)cc1. The Morgan fingerprint density at radius 3 is 2.00 bits per heavy atom. The highest BCUT2D eigenvalue weighted by Crippen LogP contribution is 2.39. The van der Waals surface area contributed by atoms with E-state index in [1.165, 1.54) is 6.92 Å². The van der Waals surface area contributed by atoms with E-state index < -0.39 is 6.29 Å². The minimum Gasteiger partial charge on any atom is -0.397 e. The molecule has 4 aromatic carbocycles. The Balaban J connectivity index is 1.10. The predicted octanol–water partition coefficient (Wildman–Crippen LogP) is 7.98. The molecule has 6 N–H and O–H groups in total. The Morgan fingerprint density at radius 2 is 1.35 bits per heavy atom. The number of nitrogens with one attached hydrogen (secondary N) is 3. The first-order chi connectivity index (χ1) is 24.7. The number of carbonyl (C=O) groups excluding carboxylic acids is 3. The maximum atomic E-state index is 12.6. The topological polar surface area (TPSA) is 152 Å². The summed E-state index contributed by atoms with van der Waals surface area (Å²) in [7, 11) is 0. The molecule has 3 amide bonds. The monoisotopic (exact) mass is 710 g/mol. The summed E-state index contributed by atoms with van der Waals surface area (Å²) in [5, 5.41) is 18.1. The number of aliphatic hydroxyl groups is 1. The van der Waals surface area contributed by atoms with Gasteiger partial charge in [0.15, 0.2) is 6.29 Å². The molecule has 3 atom stereocenters. The van der Waals surface area contributed by atoms with E-state index in [9.17, 15) is 19.5 Å². The lowest BCUT2D eigenvalue weighted by molar-refractivity contribution is -0.245. The van der Waals surface area contributed by atoms with E-state index in [2.05, 4.69) is 16.0 Å². The van der Waals surface area contributed by atoms with Crippen LogP contribution in [0, 0.1) is 0 Å². The Hall–Kier alpha value is -4.68. The summed E-state index contributed by atoms with van der Waals surface area (Å²) in [5.74, 6) is 0.475. The van der Waals surface area contributed by atoms with E-state index in [4.69, 9.17) is 15.2 Å². The number of para-hydroxylation sites is 2. The van der Waals surface area contributed by atoms with Crippen molar-refractivity contribution in [1.82, 2.24) is 0 Å². The number of thioether (sulfide) groups is 1. The van der Waals surface area contributed by atoms with E-state index in [1.807, 2.05) is 84.9 Å². The average molecular weight is 711 g/mol. The molecule has 1 aliphatic rings. The van der Waals surface area contributed by atoms with Crippen LogP contribution in [0.4, 0.5) is 22.7 Å². The van der Waals surface area contributed by atoms with Crippen LogP contribution in [0.25, 0.3) is 0 Å². The number of nitrogens with two attached hydrogens (primary N) is 1. The third kappa shape index (κ3) is 12.0. The molecule has 10 nitrogen and oxygen atoms in total. The van der Waals surface area contributed by atoms with Gasteiger partial charge in [-0.05, 0) is 72.5 Å². The normalized spacial score (nSPS) is 17.0. The molecule has 0 saturated carbocycles. The van der Waals surface area contributed by atoms with Gasteiger partial charge in [-0.1, -0.05) is 61.4 Å². The number of carbonyl (C=O) groups is 3. The van der Waals surface area contributed by atoms with Crippen LogP contribution >= 0.6 is 11.8 Å². The van der Waals surface area contributed by atoms with Crippen molar-refractivity contribution in [3.8, 4) is 0 Å². The largest absolute Gasteiger partial charge is 0.397 e. The number of anilines is 4. The van der Waals surface area contributed by atoms with Crippen molar-refractivity contribution in [2.75, 3.05) is 27.4 Å². The summed E-state index contributed by atoms with van der Waals surface area (Å²) in [4.78, 5) is 37.3. The van der Waals surface area contributed by atoms with Crippen molar-refractivity contribution < 1.29 is 29.0 Å². The number of ether oxygens (including phenoxy) is 2. The van der Waals surface area contributed by atoms with Crippen LogP contribution in [-0.4, -0.2) is 34.7 Å². The Labute approximate surface area is 303 Å². The van der Waals surface area contributed by atoms with Gasteiger partial charge in [-0.25, -0.2) is 0 Å². The van der Waals surface area contributed by atoms with Crippen LogP contribution < -0.4 is 21.7 Å². The molecule has 0 unspecified atom stereocenters. The molecule has 1 saturated heterocycles. The average Bonchev–Trinajstić information content (AvgIpc) is 3.13. The standard InChI is InChI=1S/C40H46N4O6S/c1-27(46)42-31-20-22-34(23-21-31)51-26-33-24-37(29-14-12-28(25-45)13-15-29)50-40(49-33)30-16-18-32(19-17-30)43-38(47)10-4-2-3-5-11-39(48)44-36-9-7-6-8-35(36)41/h6-9,12-23,33,37,40,45H,2-5,10-11,24-26,41H2,1H3,(H,42,46)(H,43,47)(H,44,48)/t33-,37+,40+/m0/s1. The molecular weight excluding hydrogens is 665 g/mol. The zero-order valence-electron chi connectivity index (χ0n) is 28.8. The summed E-state index contributed by atoms with van der Waals surface area (Å²) >= 11 is 1.68. The van der Waals surface area contributed by atoms with Gasteiger partial charge in [-0.3, -0.25) is 14.4 Å². The quantitative estimate of drug-likeness (QED) is 0.0446. The van der Waals surface area contributed by atoms with Crippen molar-refractivity contribution in [2.45, 2.75) is 81.9 Å². The highest BCUT2D eigenvalue weighted by atomic mass is 32.2. The molecule has 1 aliphatic heterocycles. The van der Waals surface area contributed by atoms with E-state index in [0.29, 0.717) is 42.1 Å². The second-order valence-electron chi connectivity index (χ2n) is 12.6. The number of amides is 3. The minimum atomic E-state index is -0.606. The second kappa shape index (κ2) is 19.1. The molecule has 268 valence electrons. The Bertz CT molecular complexity index is 1730. The van der Waals surface area contributed by atoms with Gasteiger partial charge in [0, 0.05) is 53.8 Å². The highest BCUT2D eigenvalue weighted by Gasteiger charge is 2.32. The van der Waals surface area contributed by atoms with Gasteiger partial charge < -0.3 is 36.3 Å². The highest BCUT2D eigenvalue weighted by molar-refractivity contribution is 7.99. The molecule has 0 aromatic heterocycles. The molecule has 0 bridgehead atoms. The first-order valence-electron chi connectivity index (χ1n) is 17.3. The zero-order valence-corrected chi connectivity index (χ0v) is 29.6. The van der Waals surface area contributed by atoms with Crippen molar-refractivity contribution in [2.24, 2.45) is 0 Å². The number of hydrogen-bond donors (Lipinski definition) is 5. The maximum Gasteiger partial charge on any atom is 0.224 e. The van der Waals surface area contributed by atoms with E-state index in [-0.39, 0.29) is 36.5 Å². The van der Waals surface area contributed by atoms with Crippen LogP contribution in [0.5, 0.6) is 0 Å². The van der Waals surface area contributed by atoms with Crippen LogP contribution in [0.3, 0.4) is 0 Å². The lowest BCUT2D eigenvalue weighted by Gasteiger charge is -2.36. The maximum absolute atomic E-state index is 12.6. The summed E-state index contributed by atoms with van der Waals surface area (Å²) in [5.41, 5.74) is 11.2. The molecule has 1 fully saturated rings. The lowest BCUT2D eigenvalue weighted by Crippen LogP contribution is -2.31. The summed E-state index contributed by atoms with van der Waals surface area (Å²) < 4.78 is 12.9. The van der Waals surface area contributed by atoms with Crippen molar-refractivity contribution in [3.05, 3.63) is 114 Å². The molecule has 11 heteroatoms. The number of benzene rings is 4. The predicted molar refractivity (Wildman–Crippen MR) is 202 cm³/mol. The van der Waals surface area contributed by atoms with E-state index in [0.717, 1.165) is 53.0 Å². The third-order valence-electron chi connectivity index (χ3n) is 8.48. The molecule has 1 heterocycles. The fourth-order valence-corrected chi connectivity index (χ4v) is 6.67. The molecule has 51 heavy (non-hydrogen) atoms. The second-order valence-corrected chi connectivity index (χ2v) is 13.7.